The van der Waals surface area contributed by atoms with Crippen LogP contribution in [0.2, 0.25) is 0 Å². The van der Waals surface area contributed by atoms with Crippen molar-refractivity contribution in [3.8, 4) is 0 Å². The Bertz CT molecular complexity index is 314. The van der Waals surface area contributed by atoms with Gasteiger partial charge in [-0.25, -0.2) is 4.39 Å². The Morgan fingerprint density at radius 2 is 2.20 bits per heavy atom. The Labute approximate surface area is 94.7 Å². The van der Waals surface area contributed by atoms with Crippen LogP contribution in [-0.2, 0) is 0 Å². The van der Waals surface area contributed by atoms with Crippen LogP contribution in [0.25, 0.3) is 0 Å². The van der Waals surface area contributed by atoms with Gasteiger partial charge in [-0.15, -0.1) is 0 Å². The number of aryl methyl sites for hydroxylation is 1. The van der Waals surface area contributed by atoms with Gasteiger partial charge in [0.05, 0.1) is 6.10 Å². The Morgan fingerprint density at radius 1 is 1.47 bits per heavy atom. The molecule has 1 N–H and O–H groups in total. The number of halogens is 1. The van der Waals surface area contributed by atoms with Crippen molar-refractivity contribution >= 4 is 11.8 Å². The number of rotatable bonds is 5. The molecule has 0 aliphatic carbocycles. The summed E-state index contributed by atoms with van der Waals surface area (Å²) in [5.74, 6) is 0.840. The molecule has 1 unspecified atom stereocenters. The van der Waals surface area contributed by atoms with E-state index in [2.05, 4.69) is 6.26 Å². The second-order valence-corrected chi connectivity index (χ2v) is 4.65. The Morgan fingerprint density at radius 3 is 2.80 bits per heavy atom. The van der Waals surface area contributed by atoms with Crippen molar-refractivity contribution in [3.05, 3.63) is 35.1 Å². The molecule has 1 nitrogen and oxygen atoms in total. The van der Waals surface area contributed by atoms with Gasteiger partial charge in [0.25, 0.3) is 0 Å². The molecule has 0 saturated heterocycles. The molecule has 84 valence electrons. The summed E-state index contributed by atoms with van der Waals surface area (Å²) in [6.07, 6.45) is 3.32. The molecule has 1 rings (SSSR count). The molecule has 3 heteroatoms. The summed E-state index contributed by atoms with van der Waals surface area (Å²) >= 11 is 1.77. The lowest BCUT2D eigenvalue weighted by Gasteiger charge is -2.11. The summed E-state index contributed by atoms with van der Waals surface area (Å²) in [6, 6.07) is 4.80. The summed E-state index contributed by atoms with van der Waals surface area (Å²) in [5, 5.41) is 9.83. The predicted octanol–water partition coefficient (Wildman–Crippen LogP) is 3.31. The fraction of sp³-hybridized carbons (Fsp3) is 0.500. The summed E-state index contributed by atoms with van der Waals surface area (Å²) in [5.41, 5.74) is 1.41. The van der Waals surface area contributed by atoms with Gasteiger partial charge in [0, 0.05) is 0 Å². The van der Waals surface area contributed by atoms with Gasteiger partial charge in [0.15, 0.2) is 0 Å². The largest absolute Gasteiger partial charge is 0.388 e. The molecule has 0 heterocycles. The highest BCUT2D eigenvalue weighted by atomic mass is 32.2. The van der Waals surface area contributed by atoms with Gasteiger partial charge in [0.2, 0.25) is 0 Å². The number of thioether (sulfide) groups is 1. The zero-order valence-electron chi connectivity index (χ0n) is 9.16. The maximum Gasteiger partial charge on any atom is 0.126 e. The van der Waals surface area contributed by atoms with Crippen LogP contribution in [0.5, 0.6) is 0 Å². The first-order chi connectivity index (χ1) is 7.15. The van der Waals surface area contributed by atoms with E-state index < -0.39 is 6.10 Å². The number of hydrogen-bond donors (Lipinski definition) is 1. The minimum Gasteiger partial charge on any atom is -0.388 e. The molecule has 0 radical (unpaired) electrons. The van der Waals surface area contributed by atoms with Gasteiger partial charge in [0.1, 0.15) is 5.82 Å². The lowest BCUT2D eigenvalue weighted by Crippen LogP contribution is -1.99. The second kappa shape index (κ2) is 6.13. The first kappa shape index (κ1) is 12.5. The third kappa shape index (κ3) is 3.84. The average Bonchev–Trinajstić information content (AvgIpc) is 2.22. The van der Waals surface area contributed by atoms with E-state index in [4.69, 9.17) is 0 Å². The van der Waals surface area contributed by atoms with Gasteiger partial charge < -0.3 is 5.11 Å². The molecule has 0 saturated carbocycles. The van der Waals surface area contributed by atoms with Crippen molar-refractivity contribution in [1.29, 1.82) is 0 Å². The number of aliphatic hydroxyl groups excluding tert-OH is 1. The molecular formula is C12H17FOS. The van der Waals surface area contributed by atoms with Crippen LogP contribution < -0.4 is 0 Å². The van der Waals surface area contributed by atoms with Crippen LogP contribution in [-0.4, -0.2) is 17.1 Å². The normalized spacial score (nSPS) is 12.8. The summed E-state index contributed by atoms with van der Waals surface area (Å²) < 4.78 is 13.0. The molecule has 0 aromatic heterocycles. The highest BCUT2D eigenvalue weighted by Crippen LogP contribution is 2.21. The molecule has 0 spiro atoms. The minimum absolute atomic E-state index is 0.213. The average molecular weight is 228 g/mol. The lowest BCUT2D eigenvalue weighted by atomic mass is 10.0. The zero-order valence-corrected chi connectivity index (χ0v) is 9.98. The van der Waals surface area contributed by atoms with Crippen LogP contribution in [0, 0.1) is 12.7 Å². The van der Waals surface area contributed by atoms with Gasteiger partial charge >= 0.3 is 0 Å². The Balaban J connectivity index is 2.57. The van der Waals surface area contributed by atoms with Gasteiger partial charge in [-0.3, -0.25) is 0 Å². The maximum absolute atomic E-state index is 13.0. The monoisotopic (exact) mass is 228 g/mol. The molecule has 15 heavy (non-hydrogen) atoms. The molecular weight excluding hydrogens is 211 g/mol. The third-order valence-corrected chi connectivity index (χ3v) is 3.09. The van der Waals surface area contributed by atoms with E-state index >= 15 is 0 Å². The molecule has 1 atom stereocenters. The second-order valence-electron chi connectivity index (χ2n) is 3.66. The van der Waals surface area contributed by atoms with Gasteiger partial charge in [-0.2, -0.15) is 11.8 Å². The van der Waals surface area contributed by atoms with Crippen LogP contribution in [0.15, 0.2) is 18.2 Å². The first-order valence-corrected chi connectivity index (χ1v) is 6.47. The molecule has 1 aromatic rings. The van der Waals surface area contributed by atoms with Crippen molar-refractivity contribution in [2.24, 2.45) is 0 Å². The molecule has 0 fully saturated rings. The molecule has 0 aliphatic rings. The molecule has 0 amide bonds. The topological polar surface area (TPSA) is 20.2 Å². The van der Waals surface area contributed by atoms with Crippen molar-refractivity contribution < 1.29 is 9.50 Å². The van der Waals surface area contributed by atoms with E-state index in [-0.39, 0.29) is 5.82 Å². The fourth-order valence-electron chi connectivity index (χ4n) is 1.46. The summed E-state index contributed by atoms with van der Waals surface area (Å²) in [6.45, 7) is 1.72. The van der Waals surface area contributed by atoms with Crippen molar-refractivity contribution in [3.63, 3.8) is 0 Å². The lowest BCUT2D eigenvalue weighted by molar-refractivity contribution is 0.166. The van der Waals surface area contributed by atoms with Crippen molar-refractivity contribution in [2.75, 3.05) is 12.0 Å². The van der Waals surface area contributed by atoms with E-state index in [1.807, 2.05) is 0 Å². The third-order valence-electron chi connectivity index (χ3n) is 2.39. The number of hydrogen-bond acceptors (Lipinski definition) is 2. The zero-order chi connectivity index (χ0) is 11.3. The van der Waals surface area contributed by atoms with E-state index in [1.54, 1.807) is 30.8 Å². The smallest absolute Gasteiger partial charge is 0.126 e. The highest BCUT2D eigenvalue weighted by Gasteiger charge is 2.08. The quantitative estimate of drug-likeness (QED) is 0.780. The van der Waals surface area contributed by atoms with Crippen LogP contribution in [0.4, 0.5) is 4.39 Å². The van der Waals surface area contributed by atoms with Crippen molar-refractivity contribution in [1.82, 2.24) is 0 Å². The van der Waals surface area contributed by atoms with Gasteiger partial charge in [-0.1, -0.05) is 12.1 Å². The molecule has 0 aliphatic heterocycles. The van der Waals surface area contributed by atoms with Crippen LogP contribution in [0.3, 0.4) is 0 Å². The molecule has 0 bridgehead atoms. The summed E-state index contributed by atoms with van der Waals surface area (Å²) in [4.78, 5) is 0. The highest BCUT2D eigenvalue weighted by molar-refractivity contribution is 7.98. The summed E-state index contributed by atoms with van der Waals surface area (Å²) in [7, 11) is 0. The standard InChI is InChI=1S/C12H17FOS/c1-9-8-10(5-6-11(9)13)12(14)4-3-7-15-2/h5-6,8,12,14H,3-4,7H2,1-2H3. The van der Waals surface area contributed by atoms with E-state index in [0.717, 1.165) is 24.2 Å². The van der Waals surface area contributed by atoms with Crippen LogP contribution in [0.1, 0.15) is 30.1 Å². The SMILES string of the molecule is CSCCCC(O)c1ccc(F)c(C)c1. The Kier molecular flexibility index (Phi) is 5.12. The fourth-order valence-corrected chi connectivity index (χ4v) is 1.92. The minimum atomic E-state index is -0.462. The maximum atomic E-state index is 13.0. The van der Waals surface area contributed by atoms with E-state index in [1.165, 1.54) is 6.07 Å². The Hall–Kier alpha value is -0.540. The van der Waals surface area contributed by atoms with Crippen molar-refractivity contribution in [2.45, 2.75) is 25.9 Å². The number of benzene rings is 1. The molecule has 1 aromatic carbocycles. The first-order valence-electron chi connectivity index (χ1n) is 5.08. The van der Waals surface area contributed by atoms with Crippen LogP contribution >= 0.6 is 11.8 Å². The van der Waals surface area contributed by atoms with Gasteiger partial charge in [-0.05, 0) is 49.0 Å². The predicted molar refractivity (Wildman–Crippen MR) is 63.7 cm³/mol. The van der Waals surface area contributed by atoms with E-state index in [9.17, 15) is 9.50 Å². The number of aliphatic hydroxyl groups is 1. The van der Waals surface area contributed by atoms with E-state index in [0.29, 0.717) is 5.56 Å².